The lowest BCUT2D eigenvalue weighted by Crippen LogP contribution is -2.45. The first kappa shape index (κ1) is 16.2. The molecule has 0 spiro atoms. The van der Waals surface area contributed by atoms with Gasteiger partial charge in [0.2, 0.25) is 11.8 Å². The molecule has 1 saturated heterocycles. The molecule has 1 atom stereocenters. The van der Waals surface area contributed by atoms with Crippen LogP contribution in [-0.4, -0.2) is 27.4 Å². The quantitative estimate of drug-likeness (QED) is 0.876. The van der Waals surface area contributed by atoms with E-state index in [2.05, 4.69) is 27.8 Å². The summed E-state index contributed by atoms with van der Waals surface area (Å²) in [7, 11) is 0. The van der Waals surface area contributed by atoms with Crippen LogP contribution in [0, 0.1) is 0 Å². The molecule has 2 amide bonds. The van der Waals surface area contributed by atoms with Crippen molar-refractivity contribution >= 4 is 11.8 Å². The van der Waals surface area contributed by atoms with Crippen LogP contribution in [0.4, 0.5) is 0 Å². The minimum Gasteiger partial charge on any atom is -0.350 e. The van der Waals surface area contributed by atoms with Crippen LogP contribution in [-0.2, 0) is 22.7 Å². The number of nitrogens with one attached hydrogen (secondary N) is 2. The number of hydrogen-bond acceptors (Lipinski definition) is 3. The number of benzene rings is 1. The number of aromatic nitrogens is 2. The molecule has 1 aromatic heterocycles. The molecular formula is C18H22N4O2. The van der Waals surface area contributed by atoms with Crippen molar-refractivity contribution < 1.29 is 9.59 Å². The van der Waals surface area contributed by atoms with Gasteiger partial charge in [0.05, 0.1) is 6.33 Å². The van der Waals surface area contributed by atoms with Gasteiger partial charge in [-0.05, 0) is 24.0 Å². The molecule has 126 valence electrons. The van der Waals surface area contributed by atoms with Crippen LogP contribution in [0.2, 0.25) is 0 Å². The van der Waals surface area contributed by atoms with E-state index in [1.807, 2.05) is 22.9 Å². The average molecular weight is 326 g/mol. The fraction of sp³-hybridized carbons (Fsp3) is 0.389. The topological polar surface area (TPSA) is 76.0 Å². The van der Waals surface area contributed by atoms with Gasteiger partial charge in [-0.3, -0.25) is 9.59 Å². The second-order valence-electron chi connectivity index (χ2n) is 6.14. The monoisotopic (exact) mass is 326 g/mol. The molecule has 3 rings (SSSR count). The number of rotatable bonds is 5. The Morgan fingerprint density at radius 1 is 1.25 bits per heavy atom. The van der Waals surface area contributed by atoms with Gasteiger partial charge < -0.3 is 15.2 Å². The molecule has 2 N–H and O–H groups in total. The van der Waals surface area contributed by atoms with E-state index in [4.69, 9.17) is 0 Å². The van der Waals surface area contributed by atoms with Crippen molar-refractivity contribution in [2.75, 3.05) is 0 Å². The highest BCUT2D eigenvalue weighted by Gasteiger charge is 2.22. The zero-order chi connectivity index (χ0) is 16.8. The Bertz CT molecular complexity index is 680. The Kier molecular flexibility index (Phi) is 5.25. The Morgan fingerprint density at radius 2 is 2.04 bits per heavy atom. The fourth-order valence-electron chi connectivity index (χ4n) is 2.84. The highest BCUT2D eigenvalue weighted by Crippen LogP contribution is 2.10. The van der Waals surface area contributed by atoms with Gasteiger partial charge in [0.1, 0.15) is 6.04 Å². The summed E-state index contributed by atoms with van der Waals surface area (Å²) in [4.78, 5) is 27.8. The van der Waals surface area contributed by atoms with E-state index in [1.54, 1.807) is 12.5 Å². The fourth-order valence-corrected chi connectivity index (χ4v) is 2.84. The lowest BCUT2D eigenvalue weighted by molar-refractivity contribution is -0.128. The zero-order valence-electron chi connectivity index (χ0n) is 13.6. The van der Waals surface area contributed by atoms with E-state index < -0.39 is 6.04 Å². The average Bonchev–Trinajstić information content (AvgIpc) is 3.00. The Morgan fingerprint density at radius 3 is 2.79 bits per heavy atom. The Labute approximate surface area is 141 Å². The molecule has 1 unspecified atom stereocenters. The maximum atomic E-state index is 12.2. The van der Waals surface area contributed by atoms with Crippen LogP contribution < -0.4 is 10.6 Å². The van der Waals surface area contributed by atoms with Crippen molar-refractivity contribution in [1.82, 2.24) is 20.2 Å². The van der Waals surface area contributed by atoms with Gasteiger partial charge in [-0.2, -0.15) is 0 Å². The third kappa shape index (κ3) is 4.44. The van der Waals surface area contributed by atoms with Crippen LogP contribution in [0.25, 0.3) is 0 Å². The molecule has 6 nitrogen and oxygen atoms in total. The molecule has 0 bridgehead atoms. The normalized spacial score (nSPS) is 17.8. The molecular weight excluding hydrogens is 304 g/mol. The SMILES string of the molecule is O=C1CCCCC(C(=O)NCc2ccc(Cn3ccnc3)cc2)N1. The van der Waals surface area contributed by atoms with Gasteiger partial charge in [0.15, 0.2) is 0 Å². The number of carbonyl (C=O) groups excluding carboxylic acids is 2. The largest absolute Gasteiger partial charge is 0.350 e. The molecule has 0 saturated carbocycles. The maximum absolute atomic E-state index is 12.2. The summed E-state index contributed by atoms with van der Waals surface area (Å²) in [6.45, 7) is 1.25. The summed E-state index contributed by atoms with van der Waals surface area (Å²) in [5.74, 6) is -0.135. The first-order chi connectivity index (χ1) is 11.7. The van der Waals surface area contributed by atoms with Crippen LogP contribution in [0.5, 0.6) is 0 Å². The predicted octanol–water partition coefficient (Wildman–Crippen LogP) is 1.61. The lowest BCUT2D eigenvalue weighted by Gasteiger charge is -2.15. The second-order valence-corrected chi connectivity index (χ2v) is 6.14. The summed E-state index contributed by atoms with van der Waals surface area (Å²) < 4.78 is 2.01. The van der Waals surface area contributed by atoms with Crippen LogP contribution >= 0.6 is 0 Å². The number of carbonyl (C=O) groups is 2. The standard InChI is InChI=1S/C18H22N4O2/c23-17-4-2-1-3-16(21-17)18(24)20-11-14-5-7-15(8-6-14)12-22-10-9-19-13-22/h5-10,13,16H,1-4,11-12H2,(H,20,24)(H,21,23). The van der Waals surface area contributed by atoms with Crippen LogP contribution in [0.1, 0.15) is 36.8 Å². The lowest BCUT2D eigenvalue weighted by atomic mass is 10.1. The molecule has 2 heterocycles. The summed E-state index contributed by atoms with van der Waals surface area (Å²) in [5, 5.41) is 5.70. The molecule has 1 aromatic carbocycles. The van der Waals surface area contributed by atoms with E-state index in [-0.39, 0.29) is 11.8 Å². The molecule has 0 aliphatic carbocycles. The Hall–Kier alpha value is -2.63. The van der Waals surface area contributed by atoms with Crippen molar-refractivity contribution in [2.24, 2.45) is 0 Å². The first-order valence-corrected chi connectivity index (χ1v) is 8.31. The van der Waals surface area contributed by atoms with Crippen LogP contribution in [0.3, 0.4) is 0 Å². The minimum atomic E-state index is -0.402. The molecule has 1 aliphatic heterocycles. The predicted molar refractivity (Wildman–Crippen MR) is 90.0 cm³/mol. The van der Waals surface area contributed by atoms with Crippen molar-refractivity contribution in [2.45, 2.75) is 44.8 Å². The molecule has 6 heteroatoms. The minimum absolute atomic E-state index is 0.0310. The third-order valence-electron chi connectivity index (χ3n) is 4.21. The van der Waals surface area contributed by atoms with Crippen molar-refractivity contribution in [3.05, 3.63) is 54.1 Å². The second kappa shape index (κ2) is 7.77. The van der Waals surface area contributed by atoms with Gasteiger partial charge in [0, 0.05) is 31.9 Å². The number of imidazole rings is 1. The maximum Gasteiger partial charge on any atom is 0.242 e. The third-order valence-corrected chi connectivity index (χ3v) is 4.21. The molecule has 0 radical (unpaired) electrons. The summed E-state index contributed by atoms with van der Waals surface area (Å²) in [5.41, 5.74) is 2.22. The van der Waals surface area contributed by atoms with E-state index in [9.17, 15) is 9.59 Å². The first-order valence-electron chi connectivity index (χ1n) is 8.31. The van der Waals surface area contributed by atoms with Crippen molar-refractivity contribution in [1.29, 1.82) is 0 Å². The zero-order valence-corrected chi connectivity index (χ0v) is 13.6. The summed E-state index contributed by atoms with van der Waals surface area (Å²) in [6.07, 6.45) is 8.46. The highest BCUT2D eigenvalue weighted by atomic mass is 16.2. The van der Waals surface area contributed by atoms with Gasteiger partial charge in [-0.15, -0.1) is 0 Å². The van der Waals surface area contributed by atoms with E-state index >= 15 is 0 Å². The number of hydrogen-bond donors (Lipinski definition) is 2. The smallest absolute Gasteiger partial charge is 0.242 e. The van der Waals surface area contributed by atoms with E-state index in [1.165, 1.54) is 5.56 Å². The van der Waals surface area contributed by atoms with Gasteiger partial charge >= 0.3 is 0 Å². The van der Waals surface area contributed by atoms with E-state index in [0.717, 1.165) is 24.9 Å². The molecule has 1 fully saturated rings. The Balaban J connectivity index is 1.50. The van der Waals surface area contributed by atoms with Crippen LogP contribution in [0.15, 0.2) is 43.0 Å². The summed E-state index contributed by atoms with van der Waals surface area (Å²) in [6, 6.07) is 7.72. The van der Waals surface area contributed by atoms with Gasteiger partial charge in [-0.25, -0.2) is 4.98 Å². The molecule has 2 aromatic rings. The molecule has 24 heavy (non-hydrogen) atoms. The highest BCUT2D eigenvalue weighted by molar-refractivity contribution is 5.87. The van der Waals surface area contributed by atoms with Crippen molar-refractivity contribution in [3.63, 3.8) is 0 Å². The van der Waals surface area contributed by atoms with Crippen molar-refractivity contribution in [3.8, 4) is 0 Å². The number of nitrogens with zero attached hydrogens (tertiary/aromatic N) is 2. The number of amides is 2. The summed E-state index contributed by atoms with van der Waals surface area (Å²) >= 11 is 0. The van der Waals surface area contributed by atoms with Gasteiger partial charge in [0.25, 0.3) is 0 Å². The van der Waals surface area contributed by atoms with Gasteiger partial charge in [-0.1, -0.05) is 30.7 Å². The molecule has 1 aliphatic rings. The van der Waals surface area contributed by atoms with E-state index in [0.29, 0.717) is 19.4 Å².